The van der Waals surface area contributed by atoms with Crippen LogP contribution in [0, 0.1) is 0 Å². The molecule has 6 heteroatoms. The molecule has 31 heavy (non-hydrogen) atoms. The summed E-state index contributed by atoms with van der Waals surface area (Å²) in [7, 11) is 0. The summed E-state index contributed by atoms with van der Waals surface area (Å²) >= 11 is 0. The van der Waals surface area contributed by atoms with Crippen LogP contribution in [0.25, 0.3) is 0 Å². The number of aliphatic hydroxyl groups excluding tert-OH is 1. The first kappa shape index (κ1) is 27.1. The van der Waals surface area contributed by atoms with Gasteiger partial charge in [0.1, 0.15) is 6.61 Å². The lowest BCUT2D eigenvalue weighted by Crippen LogP contribution is -2.28. The van der Waals surface area contributed by atoms with E-state index in [0.717, 1.165) is 25.7 Å². The minimum absolute atomic E-state index is 0.120. The molecule has 1 aliphatic rings. The Morgan fingerprint density at radius 2 is 1.61 bits per heavy atom. The number of esters is 2. The lowest BCUT2D eigenvalue weighted by atomic mass is 10.1. The van der Waals surface area contributed by atoms with Crippen LogP contribution in [-0.4, -0.2) is 48.6 Å². The second-order valence-corrected chi connectivity index (χ2v) is 7.82. The zero-order valence-electron chi connectivity index (χ0n) is 19.2. The average molecular weight is 437 g/mol. The van der Waals surface area contributed by atoms with Gasteiger partial charge in [-0.15, -0.1) is 0 Å². The van der Waals surface area contributed by atoms with Gasteiger partial charge in [0.05, 0.1) is 18.8 Å². The molecule has 0 amide bonds. The van der Waals surface area contributed by atoms with Gasteiger partial charge in [0.15, 0.2) is 6.10 Å². The summed E-state index contributed by atoms with van der Waals surface area (Å²) in [5, 5.41) is 9.14. The van der Waals surface area contributed by atoms with E-state index >= 15 is 0 Å². The molecule has 1 N–H and O–H groups in total. The smallest absolute Gasteiger partial charge is 0.306 e. The van der Waals surface area contributed by atoms with Gasteiger partial charge in [-0.3, -0.25) is 9.59 Å². The van der Waals surface area contributed by atoms with Crippen molar-refractivity contribution in [1.29, 1.82) is 0 Å². The Hall–Kier alpha value is -1.92. The second kappa shape index (κ2) is 17.7. The molecule has 0 spiro atoms. The van der Waals surface area contributed by atoms with Gasteiger partial charge in [0, 0.05) is 13.3 Å². The highest BCUT2D eigenvalue weighted by Crippen LogP contribution is 2.29. The Kier molecular flexibility index (Phi) is 15.5. The van der Waals surface area contributed by atoms with Crippen LogP contribution in [0.1, 0.15) is 78.1 Å². The number of hydrogen-bond acceptors (Lipinski definition) is 6. The number of hydrogen-bond donors (Lipinski definition) is 1. The molecule has 0 radical (unpaired) electrons. The summed E-state index contributed by atoms with van der Waals surface area (Å²) < 4.78 is 15.5. The molecular formula is C25H40O6. The second-order valence-electron chi connectivity index (χ2n) is 7.82. The van der Waals surface area contributed by atoms with E-state index in [-0.39, 0.29) is 19.6 Å². The van der Waals surface area contributed by atoms with Crippen molar-refractivity contribution < 1.29 is 28.9 Å². The van der Waals surface area contributed by atoms with E-state index in [1.165, 1.54) is 32.6 Å². The lowest BCUT2D eigenvalue weighted by Gasteiger charge is -2.14. The molecular weight excluding hydrogens is 396 g/mol. The molecule has 0 saturated carbocycles. The first-order valence-corrected chi connectivity index (χ1v) is 11.6. The Bertz CT molecular complexity index is 581. The van der Waals surface area contributed by atoms with Crippen molar-refractivity contribution in [2.24, 2.45) is 0 Å². The molecule has 1 fully saturated rings. The van der Waals surface area contributed by atoms with E-state index in [2.05, 4.69) is 43.4 Å². The molecule has 6 nitrogen and oxygen atoms in total. The van der Waals surface area contributed by atoms with Gasteiger partial charge in [-0.25, -0.2) is 0 Å². The molecule has 176 valence electrons. The molecule has 0 bridgehead atoms. The van der Waals surface area contributed by atoms with Gasteiger partial charge in [-0.2, -0.15) is 0 Å². The molecule has 0 aromatic rings. The Morgan fingerprint density at radius 1 is 0.968 bits per heavy atom. The third-order valence-electron chi connectivity index (χ3n) is 4.90. The topological polar surface area (TPSA) is 85.4 Å². The lowest BCUT2D eigenvalue weighted by molar-refractivity contribution is -0.160. The molecule has 1 heterocycles. The van der Waals surface area contributed by atoms with Gasteiger partial charge < -0.3 is 19.3 Å². The maximum Gasteiger partial charge on any atom is 0.306 e. The van der Waals surface area contributed by atoms with Crippen LogP contribution < -0.4 is 0 Å². The predicted molar refractivity (Wildman–Crippen MR) is 122 cm³/mol. The van der Waals surface area contributed by atoms with Crippen LogP contribution in [0.15, 0.2) is 36.5 Å². The van der Waals surface area contributed by atoms with E-state index in [0.29, 0.717) is 18.6 Å². The first-order valence-electron chi connectivity index (χ1n) is 11.6. The largest absolute Gasteiger partial charge is 0.462 e. The van der Waals surface area contributed by atoms with Crippen molar-refractivity contribution in [2.45, 2.75) is 96.4 Å². The number of allylic oxidation sites excluding steroid dienone is 4. The molecule has 1 saturated heterocycles. The summed E-state index contributed by atoms with van der Waals surface area (Å²) in [5.41, 5.74) is 0. The fraction of sp³-hybridized carbons (Fsp3) is 0.680. The van der Waals surface area contributed by atoms with Crippen molar-refractivity contribution >= 4 is 11.9 Å². The molecule has 1 aliphatic heterocycles. The van der Waals surface area contributed by atoms with E-state index in [1.54, 1.807) is 0 Å². The van der Waals surface area contributed by atoms with Crippen molar-refractivity contribution in [2.75, 3.05) is 13.2 Å². The fourth-order valence-corrected chi connectivity index (χ4v) is 3.02. The zero-order chi connectivity index (χ0) is 22.7. The van der Waals surface area contributed by atoms with E-state index < -0.39 is 18.0 Å². The number of epoxide rings is 1. The highest BCUT2D eigenvalue weighted by atomic mass is 16.6. The number of carbonyl (C=O) groups excluding carboxylic acids is 2. The van der Waals surface area contributed by atoms with Gasteiger partial charge in [0.2, 0.25) is 0 Å². The minimum Gasteiger partial charge on any atom is -0.462 e. The molecule has 2 unspecified atom stereocenters. The fourth-order valence-electron chi connectivity index (χ4n) is 3.02. The quantitative estimate of drug-likeness (QED) is 0.144. The van der Waals surface area contributed by atoms with Crippen molar-refractivity contribution in [3.63, 3.8) is 0 Å². The van der Waals surface area contributed by atoms with Crippen LogP contribution in [-0.2, 0) is 23.8 Å². The minimum atomic E-state index is -0.799. The first-order chi connectivity index (χ1) is 15.1. The van der Waals surface area contributed by atoms with Gasteiger partial charge in [-0.1, -0.05) is 56.2 Å². The van der Waals surface area contributed by atoms with Crippen molar-refractivity contribution in [3.8, 4) is 0 Å². The third-order valence-corrected chi connectivity index (χ3v) is 4.90. The summed E-state index contributed by atoms with van der Waals surface area (Å²) in [6, 6.07) is 0. The van der Waals surface area contributed by atoms with Crippen molar-refractivity contribution in [3.05, 3.63) is 36.5 Å². The Labute approximate surface area is 187 Å². The van der Waals surface area contributed by atoms with Crippen molar-refractivity contribution in [1.82, 2.24) is 0 Å². The SMILES string of the molecule is CCCCC/C=C\C/C=C\CC1OC1C/C=C\CCCC(=O)O[C@@H](CO)COC(C)=O. The summed E-state index contributed by atoms with van der Waals surface area (Å²) in [4.78, 5) is 22.5. The normalized spacial score (nSPS) is 19.3. The number of carbonyl (C=O) groups is 2. The third kappa shape index (κ3) is 15.5. The summed E-state index contributed by atoms with van der Waals surface area (Å²) in [5.74, 6) is -0.865. The number of unbranched alkanes of at least 4 members (excludes halogenated alkanes) is 4. The Balaban J connectivity index is 2.00. The van der Waals surface area contributed by atoms with Gasteiger partial charge in [0.25, 0.3) is 0 Å². The van der Waals surface area contributed by atoms with Crippen LogP contribution >= 0.6 is 0 Å². The number of aliphatic hydroxyl groups is 1. The monoisotopic (exact) mass is 436 g/mol. The highest BCUT2D eigenvalue weighted by molar-refractivity contribution is 5.69. The number of ether oxygens (including phenoxy) is 3. The van der Waals surface area contributed by atoms with Crippen LogP contribution in [0.4, 0.5) is 0 Å². The van der Waals surface area contributed by atoms with Gasteiger partial charge in [-0.05, 0) is 44.9 Å². The Morgan fingerprint density at radius 3 is 2.29 bits per heavy atom. The highest BCUT2D eigenvalue weighted by Gasteiger charge is 2.35. The maximum atomic E-state index is 11.7. The molecule has 0 aromatic heterocycles. The van der Waals surface area contributed by atoms with Crippen LogP contribution in [0.3, 0.4) is 0 Å². The van der Waals surface area contributed by atoms with E-state index in [9.17, 15) is 9.59 Å². The molecule has 0 aromatic carbocycles. The van der Waals surface area contributed by atoms with E-state index in [4.69, 9.17) is 19.3 Å². The summed E-state index contributed by atoms with van der Waals surface area (Å²) in [6.07, 6.45) is 22.6. The molecule has 0 aliphatic carbocycles. The predicted octanol–water partition coefficient (Wildman–Crippen LogP) is 4.81. The van der Waals surface area contributed by atoms with Crippen LogP contribution in [0.2, 0.25) is 0 Å². The maximum absolute atomic E-state index is 11.7. The summed E-state index contributed by atoms with van der Waals surface area (Å²) in [6.45, 7) is 3.00. The standard InChI is InChI=1S/C25H40O6/c1-3-4-5-6-7-8-9-10-13-16-23-24(31-23)17-14-11-12-15-18-25(28)30-22(19-26)20-29-21(2)27/h7-8,10-11,13-14,22-24,26H,3-6,9,12,15-20H2,1-2H3/b8-7-,13-10-,14-11-/t22-,23?,24?/m0/s1. The number of rotatable bonds is 18. The average Bonchev–Trinajstić information content (AvgIpc) is 3.50. The molecule has 1 rings (SSSR count). The van der Waals surface area contributed by atoms with E-state index in [1.807, 2.05) is 0 Å². The van der Waals surface area contributed by atoms with Crippen LogP contribution in [0.5, 0.6) is 0 Å². The van der Waals surface area contributed by atoms with Gasteiger partial charge >= 0.3 is 11.9 Å². The zero-order valence-corrected chi connectivity index (χ0v) is 19.2. The molecule has 3 atom stereocenters.